The third-order valence-electron chi connectivity index (χ3n) is 2.04. The number of imidazole rings is 1. The molecule has 0 atom stereocenters. The minimum Gasteiger partial charge on any atom is -0.311 e. The second-order valence-electron chi connectivity index (χ2n) is 3.26. The van der Waals surface area contributed by atoms with Crippen LogP contribution in [0.25, 0.3) is 5.69 Å². The van der Waals surface area contributed by atoms with Gasteiger partial charge in [0.1, 0.15) is 5.82 Å². The second-order valence-corrected chi connectivity index (χ2v) is 3.97. The van der Waals surface area contributed by atoms with Crippen molar-refractivity contribution in [3.05, 3.63) is 41.3 Å². The Bertz CT molecular complexity index is 507. The van der Waals surface area contributed by atoms with Gasteiger partial charge in [0.25, 0.3) is 0 Å². The molecule has 0 aliphatic rings. The number of nitrogens with zero attached hydrogens (tertiary/aromatic N) is 2. The Balaban J connectivity index is 2.47. The second kappa shape index (κ2) is 4.49. The maximum absolute atomic E-state index is 11.0. The zero-order valence-electron chi connectivity index (χ0n) is 8.64. The van der Waals surface area contributed by atoms with Gasteiger partial charge in [0.15, 0.2) is 4.73 Å². The third kappa shape index (κ3) is 2.14. The van der Waals surface area contributed by atoms with E-state index in [0.717, 1.165) is 5.69 Å². The van der Waals surface area contributed by atoms with Gasteiger partial charge < -0.3 is 5.32 Å². The van der Waals surface area contributed by atoms with E-state index in [9.17, 15) is 4.79 Å². The van der Waals surface area contributed by atoms with Crippen molar-refractivity contribution in [1.29, 1.82) is 0 Å². The monoisotopic (exact) mass is 279 g/mol. The molecule has 0 aliphatic heterocycles. The fourth-order valence-corrected chi connectivity index (χ4v) is 1.92. The summed E-state index contributed by atoms with van der Waals surface area (Å²) in [5.74, 6) is 0.523. The summed E-state index contributed by atoms with van der Waals surface area (Å²) >= 11 is 3.34. The predicted octanol–water partition coefficient (Wildman–Crippen LogP) is 2.59. The molecule has 2 aromatic rings. The van der Waals surface area contributed by atoms with Gasteiger partial charge in [-0.05, 0) is 28.1 Å². The first-order valence-electron chi connectivity index (χ1n) is 4.75. The maximum Gasteiger partial charge on any atom is 0.222 e. The molecular weight excluding hydrogens is 270 g/mol. The number of carbonyl (C=O) groups is 1. The minimum atomic E-state index is -0.121. The van der Waals surface area contributed by atoms with Crippen LogP contribution in [0, 0.1) is 0 Å². The molecule has 1 heterocycles. The number of hydrogen-bond acceptors (Lipinski definition) is 2. The Morgan fingerprint density at radius 3 is 2.69 bits per heavy atom. The number of halogens is 1. The largest absolute Gasteiger partial charge is 0.311 e. The average molecular weight is 280 g/mol. The molecule has 0 spiro atoms. The molecule has 1 amide bonds. The minimum absolute atomic E-state index is 0.121. The number of para-hydroxylation sites is 1. The van der Waals surface area contributed by atoms with Gasteiger partial charge in [-0.1, -0.05) is 18.2 Å². The van der Waals surface area contributed by atoms with E-state index in [1.807, 2.05) is 34.9 Å². The first-order valence-corrected chi connectivity index (χ1v) is 5.54. The molecule has 1 aromatic heterocycles. The van der Waals surface area contributed by atoms with Crippen molar-refractivity contribution in [3.63, 3.8) is 0 Å². The molecule has 0 unspecified atom stereocenters. The molecule has 2 rings (SSSR count). The quantitative estimate of drug-likeness (QED) is 0.919. The Morgan fingerprint density at radius 2 is 2.06 bits per heavy atom. The molecule has 5 heteroatoms. The van der Waals surface area contributed by atoms with Crippen LogP contribution >= 0.6 is 15.9 Å². The van der Waals surface area contributed by atoms with Crippen LogP contribution < -0.4 is 5.32 Å². The Hall–Kier alpha value is -1.62. The van der Waals surface area contributed by atoms with E-state index in [1.165, 1.54) is 6.92 Å². The van der Waals surface area contributed by atoms with Crippen LogP contribution in [0.2, 0.25) is 0 Å². The Kier molecular flexibility index (Phi) is 3.05. The van der Waals surface area contributed by atoms with Crippen molar-refractivity contribution in [3.8, 4) is 5.69 Å². The lowest BCUT2D eigenvalue weighted by Gasteiger charge is -2.09. The van der Waals surface area contributed by atoms with Crippen LogP contribution in [-0.4, -0.2) is 15.5 Å². The predicted molar refractivity (Wildman–Crippen MR) is 65.6 cm³/mol. The first-order chi connectivity index (χ1) is 7.68. The summed E-state index contributed by atoms with van der Waals surface area (Å²) in [7, 11) is 0. The van der Waals surface area contributed by atoms with E-state index in [-0.39, 0.29) is 5.91 Å². The Labute approximate surface area is 101 Å². The van der Waals surface area contributed by atoms with Crippen molar-refractivity contribution < 1.29 is 4.79 Å². The highest BCUT2D eigenvalue weighted by molar-refractivity contribution is 9.10. The van der Waals surface area contributed by atoms with Gasteiger partial charge >= 0.3 is 0 Å². The van der Waals surface area contributed by atoms with Crippen LogP contribution in [0.5, 0.6) is 0 Å². The van der Waals surface area contributed by atoms with E-state index in [0.29, 0.717) is 10.6 Å². The van der Waals surface area contributed by atoms with Crippen LogP contribution in [0.4, 0.5) is 5.82 Å². The van der Waals surface area contributed by atoms with E-state index >= 15 is 0 Å². The van der Waals surface area contributed by atoms with Gasteiger partial charge in [-0.3, -0.25) is 9.36 Å². The highest BCUT2D eigenvalue weighted by atomic mass is 79.9. The SMILES string of the molecule is CC(=O)Nc1cnc(Br)n1-c1ccccc1. The Morgan fingerprint density at radius 1 is 1.38 bits per heavy atom. The molecular formula is C11H10BrN3O. The highest BCUT2D eigenvalue weighted by Gasteiger charge is 2.09. The summed E-state index contributed by atoms with van der Waals surface area (Å²) in [6.07, 6.45) is 1.61. The number of anilines is 1. The van der Waals surface area contributed by atoms with Crippen LogP contribution in [0.1, 0.15) is 6.92 Å². The molecule has 1 N–H and O–H groups in total. The normalized spacial score (nSPS) is 10.1. The van der Waals surface area contributed by atoms with Gasteiger partial charge in [-0.15, -0.1) is 0 Å². The molecule has 0 saturated carbocycles. The van der Waals surface area contributed by atoms with Crippen molar-refractivity contribution >= 4 is 27.7 Å². The zero-order valence-corrected chi connectivity index (χ0v) is 10.2. The first kappa shape index (κ1) is 10.9. The van der Waals surface area contributed by atoms with E-state index in [2.05, 4.69) is 26.2 Å². The van der Waals surface area contributed by atoms with Crippen LogP contribution in [0.15, 0.2) is 41.3 Å². The number of carbonyl (C=O) groups excluding carboxylic acids is 1. The van der Waals surface area contributed by atoms with E-state index in [4.69, 9.17) is 0 Å². The van der Waals surface area contributed by atoms with Crippen molar-refractivity contribution in [2.75, 3.05) is 5.32 Å². The molecule has 82 valence electrons. The number of benzene rings is 1. The molecule has 4 nitrogen and oxygen atoms in total. The zero-order chi connectivity index (χ0) is 11.5. The van der Waals surface area contributed by atoms with Crippen molar-refractivity contribution in [2.24, 2.45) is 0 Å². The lowest BCUT2D eigenvalue weighted by Crippen LogP contribution is -2.10. The average Bonchev–Trinajstić information content (AvgIpc) is 2.60. The summed E-state index contributed by atoms with van der Waals surface area (Å²) in [5.41, 5.74) is 0.940. The van der Waals surface area contributed by atoms with E-state index in [1.54, 1.807) is 6.20 Å². The highest BCUT2D eigenvalue weighted by Crippen LogP contribution is 2.22. The van der Waals surface area contributed by atoms with Gasteiger partial charge in [-0.25, -0.2) is 4.98 Å². The standard InChI is InChI=1S/C11H10BrN3O/c1-8(16)14-10-7-13-11(12)15(10)9-5-3-2-4-6-9/h2-7H,1H3,(H,14,16). The van der Waals surface area contributed by atoms with Gasteiger partial charge in [0.05, 0.1) is 6.20 Å². The lowest BCUT2D eigenvalue weighted by molar-refractivity contribution is -0.114. The van der Waals surface area contributed by atoms with Crippen LogP contribution in [0.3, 0.4) is 0 Å². The number of rotatable bonds is 2. The van der Waals surface area contributed by atoms with Crippen molar-refractivity contribution in [1.82, 2.24) is 9.55 Å². The molecule has 0 fully saturated rings. The molecule has 0 aliphatic carbocycles. The van der Waals surface area contributed by atoms with E-state index < -0.39 is 0 Å². The summed E-state index contributed by atoms with van der Waals surface area (Å²) < 4.78 is 2.48. The number of aromatic nitrogens is 2. The van der Waals surface area contributed by atoms with Crippen LogP contribution in [-0.2, 0) is 4.79 Å². The summed E-state index contributed by atoms with van der Waals surface area (Å²) in [5, 5.41) is 2.72. The smallest absolute Gasteiger partial charge is 0.222 e. The summed E-state index contributed by atoms with van der Waals surface area (Å²) in [4.78, 5) is 15.1. The topological polar surface area (TPSA) is 46.9 Å². The fraction of sp³-hybridized carbons (Fsp3) is 0.0909. The summed E-state index contributed by atoms with van der Waals surface area (Å²) in [6, 6.07) is 9.68. The molecule has 16 heavy (non-hydrogen) atoms. The summed E-state index contributed by atoms with van der Waals surface area (Å²) in [6.45, 7) is 1.47. The lowest BCUT2D eigenvalue weighted by atomic mass is 10.3. The molecule has 0 radical (unpaired) electrons. The van der Waals surface area contributed by atoms with Gasteiger partial charge in [-0.2, -0.15) is 0 Å². The fourth-order valence-electron chi connectivity index (χ4n) is 1.42. The number of amides is 1. The van der Waals surface area contributed by atoms with Crippen molar-refractivity contribution in [2.45, 2.75) is 6.92 Å². The molecule has 0 bridgehead atoms. The van der Waals surface area contributed by atoms with Gasteiger partial charge in [0.2, 0.25) is 5.91 Å². The maximum atomic E-state index is 11.0. The molecule has 1 aromatic carbocycles. The number of nitrogens with one attached hydrogen (secondary N) is 1. The number of hydrogen-bond donors (Lipinski definition) is 1. The third-order valence-corrected chi connectivity index (χ3v) is 2.60. The van der Waals surface area contributed by atoms with Gasteiger partial charge in [0, 0.05) is 12.6 Å². The molecule has 0 saturated heterocycles.